The summed E-state index contributed by atoms with van der Waals surface area (Å²) in [5.41, 5.74) is 2.84. The molecule has 1 N–H and O–H groups in total. The molecule has 0 atom stereocenters. The van der Waals surface area contributed by atoms with Gasteiger partial charge in [-0.05, 0) is 23.3 Å². The van der Waals surface area contributed by atoms with Crippen LogP contribution in [-0.2, 0) is 17.8 Å². The lowest BCUT2D eigenvalue weighted by Gasteiger charge is -2.09. The van der Waals surface area contributed by atoms with E-state index in [0.717, 1.165) is 21.7 Å². The van der Waals surface area contributed by atoms with Crippen LogP contribution >= 0.6 is 11.3 Å². The number of aromatic nitrogens is 1. The van der Waals surface area contributed by atoms with Gasteiger partial charge in [0.05, 0.1) is 6.42 Å². The summed E-state index contributed by atoms with van der Waals surface area (Å²) in [6, 6.07) is 13.9. The van der Waals surface area contributed by atoms with Crippen LogP contribution in [0.15, 0.2) is 60.1 Å². The van der Waals surface area contributed by atoms with Crippen LogP contribution in [0.2, 0.25) is 0 Å². The van der Waals surface area contributed by atoms with Crippen molar-refractivity contribution in [2.45, 2.75) is 13.0 Å². The highest BCUT2D eigenvalue weighted by molar-refractivity contribution is 7.13. The molecule has 0 fully saturated rings. The molecule has 0 radical (unpaired) electrons. The van der Waals surface area contributed by atoms with Crippen molar-refractivity contribution in [3.63, 3.8) is 0 Å². The minimum Gasteiger partial charge on any atom is -0.352 e. The largest absolute Gasteiger partial charge is 0.352 e. The molecule has 3 aromatic rings. The molecule has 2 aromatic carbocycles. The van der Waals surface area contributed by atoms with E-state index in [9.17, 15) is 9.18 Å². The first kappa shape index (κ1) is 15.4. The number of carbonyl (C=O) groups is 1. The van der Waals surface area contributed by atoms with E-state index in [4.69, 9.17) is 0 Å². The van der Waals surface area contributed by atoms with Crippen molar-refractivity contribution < 1.29 is 9.18 Å². The van der Waals surface area contributed by atoms with Gasteiger partial charge in [-0.1, -0.05) is 36.4 Å². The molecule has 0 unspecified atom stereocenters. The van der Waals surface area contributed by atoms with Crippen LogP contribution < -0.4 is 5.32 Å². The van der Waals surface area contributed by atoms with Gasteiger partial charge in [0.1, 0.15) is 10.8 Å². The Balaban J connectivity index is 1.64. The molecule has 1 heterocycles. The van der Waals surface area contributed by atoms with Gasteiger partial charge in [-0.15, -0.1) is 11.3 Å². The minimum atomic E-state index is -0.300. The Morgan fingerprint density at radius 2 is 1.91 bits per heavy atom. The van der Waals surface area contributed by atoms with E-state index in [1.807, 2.05) is 29.6 Å². The Kier molecular flexibility index (Phi) is 4.78. The monoisotopic (exact) mass is 326 g/mol. The van der Waals surface area contributed by atoms with E-state index in [1.165, 1.54) is 12.1 Å². The number of hydrogen-bond donors (Lipinski definition) is 1. The van der Waals surface area contributed by atoms with Crippen molar-refractivity contribution in [1.29, 1.82) is 0 Å². The summed E-state index contributed by atoms with van der Waals surface area (Å²) in [6.45, 7) is 0.440. The van der Waals surface area contributed by atoms with Crippen LogP contribution in [0, 0.1) is 5.82 Å². The number of nitrogens with zero attached hydrogens (tertiary/aromatic N) is 1. The summed E-state index contributed by atoms with van der Waals surface area (Å²) in [5.74, 6) is -0.392. The number of benzene rings is 2. The zero-order valence-electron chi connectivity index (χ0n) is 12.3. The van der Waals surface area contributed by atoms with Crippen LogP contribution in [0.25, 0.3) is 10.6 Å². The van der Waals surface area contributed by atoms with Crippen molar-refractivity contribution in [3.8, 4) is 10.6 Å². The fraction of sp³-hybridized carbons (Fsp3) is 0.111. The molecule has 3 rings (SSSR count). The van der Waals surface area contributed by atoms with Crippen LogP contribution in [0.5, 0.6) is 0 Å². The predicted molar refractivity (Wildman–Crippen MR) is 89.5 cm³/mol. The van der Waals surface area contributed by atoms with Gasteiger partial charge in [-0.25, -0.2) is 9.37 Å². The lowest BCUT2D eigenvalue weighted by Crippen LogP contribution is -2.24. The highest BCUT2D eigenvalue weighted by atomic mass is 32.1. The Hall–Kier alpha value is -2.53. The third-order valence-corrected chi connectivity index (χ3v) is 4.24. The average Bonchev–Trinajstić information content (AvgIpc) is 3.10. The maximum atomic E-state index is 12.9. The molecule has 116 valence electrons. The maximum absolute atomic E-state index is 12.9. The molecule has 0 aliphatic heterocycles. The molecule has 3 nitrogen and oxygen atoms in total. The van der Waals surface area contributed by atoms with E-state index in [2.05, 4.69) is 10.3 Å². The quantitative estimate of drug-likeness (QED) is 0.775. The second kappa shape index (κ2) is 7.15. The van der Waals surface area contributed by atoms with Crippen LogP contribution in [0.1, 0.15) is 11.1 Å². The fourth-order valence-electron chi connectivity index (χ4n) is 2.28. The van der Waals surface area contributed by atoms with Crippen LogP contribution in [-0.4, -0.2) is 10.9 Å². The summed E-state index contributed by atoms with van der Waals surface area (Å²) in [4.78, 5) is 16.4. The zero-order valence-corrected chi connectivity index (χ0v) is 13.1. The first-order valence-corrected chi connectivity index (χ1v) is 8.09. The van der Waals surface area contributed by atoms with Crippen molar-refractivity contribution in [2.24, 2.45) is 0 Å². The van der Waals surface area contributed by atoms with E-state index >= 15 is 0 Å². The summed E-state index contributed by atoms with van der Waals surface area (Å²) < 4.78 is 12.9. The number of nitrogens with one attached hydrogen (secondary N) is 1. The number of amides is 1. The molecule has 1 amide bonds. The summed E-state index contributed by atoms with van der Waals surface area (Å²) >= 11 is 1.57. The smallest absolute Gasteiger partial charge is 0.224 e. The van der Waals surface area contributed by atoms with E-state index in [1.54, 1.807) is 29.7 Å². The van der Waals surface area contributed by atoms with Gasteiger partial charge in [0.2, 0.25) is 5.91 Å². The molecule has 0 spiro atoms. The molecule has 0 aliphatic rings. The standard InChI is InChI=1S/C18H15FN2OS/c19-15-7-5-13(6-8-15)11-17(22)21-12-14-3-1-2-4-16(14)18-20-9-10-23-18/h1-10H,11-12H2,(H,21,22). The second-order valence-electron chi connectivity index (χ2n) is 5.07. The normalized spacial score (nSPS) is 10.5. The molecular formula is C18H15FN2OS. The van der Waals surface area contributed by atoms with Gasteiger partial charge in [0, 0.05) is 23.7 Å². The number of rotatable bonds is 5. The topological polar surface area (TPSA) is 42.0 Å². The van der Waals surface area contributed by atoms with Gasteiger partial charge < -0.3 is 5.32 Å². The summed E-state index contributed by atoms with van der Waals surface area (Å²) in [5, 5.41) is 5.78. The van der Waals surface area contributed by atoms with Gasteiger partial charge in [0.15, 0.2) is 0 Å². The van der Waals surface area contributed by atoms with Crippen molar-refractivity contribution >= 4 is 17.2 Å². The van der Waals surface area contributed by atoms with Gasteiger partial charge in [-0.2, -0.15) is 0 Å². The van der Waals surface area contributed by atoms with E-state index in [0.29, 0.717) is 6.54 Å². The van der Waals surface area contributed by atoms with Gasteiger partial charge >= 0.3 is 0 Å². The number of thiazole rings is 1. The molecule has 0 saturated heterocycles. The Bertz CT molecular complexity index is 785. The minimum absolute atomic E-state index is 0.0921. The SMILES string of the molecule is O=C(Cc1ccc(F)cc1)NCc1ccccc1-c1nccs1. The number of carbonyl (C=O) groups excluding carboxylic acids is 1. The van der Waals surface area contributed by atoms with Gasteiger partial charge in [0.25, 0.3) is 0 Å². The van der Waals surface area contributed by atoms with Crippen molar-refractivity contribution in [3.05, 3.63) is 77.1 Å². The third-order valence-electron chi connectivity index (χ3n) is 3.43. The number of hydrogen-bond acceptors (Lipinski definition) is 3. The molecule has 1 aromatic heterocycles. The summed E-state index contributed by atoms with van der Waals surface area (Å²) in [7, 11) is 0. The maximum Gasteiger partial charge on any atom is 0.224 e. The highest BCUT2D eigenvalue weighted by Gasteiger charge is 2.09. The molecule has 0 saturated carbocycles. The predicted octanol–water partition coefficient (Wildman–Crippen LogP) is 3.81. The molecule has 0 bridgehead atoms. The van der Waals surface area contributed by atoms with E-state index in [-0.39, 0.29) is 18.1 Å². The lowest BCUT2D eigenvalue weighted by atomic mass is 10.1. The lowest BCUT2D eigenvalue weighted by molar-refractivity contribution is -0.120. The number of halogens is 1. The fourth-order valence-corrected chi connectivity index (χ4v) is 2.98. The zero-order chi connectivity index (χ0) is 16.1. The second-order valence-corrected chi connectivity index (χ2v) is 5.97. The van der Waals surface area contributed by atoms with E-state index < -0.39 is 0 Å². The van der Waals surface area contributed by atoms with Crippen LogP contribution in [0.3, 0.4) is 0 Å². The molecule has 5 heteroatoms. The highest BCUT2D eigenvalue weighted by Crippen LogP contribution is 2.25. The van der Waals surface area contributed by atoms with Crippen molar-refractivity contribution in [2.75, 3.05) is 0 Å². The van der Waals surface area contributed by atoms with Gasteiger partial charge in [-0.3, -0.25) is 4.79 Å². The Morgan fingerprint density at radius 1 is 1.13 bits per heavy atom. The third kappa shape index (κ3) is 4.02. The first-order chi connectivity index (χ1) is 11.2. The Morgan fingerprint density at radius 3 is 2.65 bits per heavy atom. The van der Waals surface area contributed by atoms with Crippen LogP contribution in [0.4, 0.5) is 4.39 Å². The summed E-state index contributed by atoms with van der Waals surface area (Å²) in [6.07, 6.45) is 2.00. The average molecular weight is 326 g/mol. The first-order valence-electron chi connectivity index (χ1n) is 7.21. The molecule has 23 heavy (non-hydrogen) atoms. The molecule has 0 aliphatic carbocycles. The Labute approximate surface area is 137 Å². The van der Waals surface area contributed by atoms with Crippen molar-refractivity contribution in [1.82, 2.24) is 10.3 Å². The molecular weight excluding hydrogens is 311 g/mol.